The minimum Gasteiger partial charge on any atom is -0.454 e. The topological polar surface area (TPSA) is 67.5 Å². The Morgan fingerprint density at radius 1 is 1.19 bits per heavy atom. The Morgan fingerprint density at radius 3 is 2.96 bits per heavy atom. The molecule has 0 atom stereocenters. The summed E-state index contributed by atoms with van der Waals surface area (Å²) in [5.74, 6) is 2.30. The molecule has 1 aromatic carbocycles. The van der Waals surface area contributed by atoms with E-state index in [-0.39, 0.29) is 12.4 Å². The smallest absolute Gasteiger partial charge is 0.259 e. The fourth-order valence-electron chi connectivity index (χ4n) is 3.95. The molecule has 27 heavy (non-hydrogen) atoms. The molecule has 5 rings (SSSR count). The van der Waals surface area contributed by atoms with E-state index in [2.05, 4.69) is 9.88 Å². The highest BCUT2D eigenvalue weighted by molar-refractivity contribution is 7.18. The average molecular weight is 383 g/mol. The molecule has 7 heteroatoms. The summed E-state index contributed by atoms with van der Waals surface area (Å²) in [7, 11) is 2.02. The molecule has 6 nitrogen and oxygen atoms in total. The zero-order chi connectivity index (χ0) is 18.4. The van der Waals surface area contributed by atoms with E-state index in [0.717, 1.165) is 53.1 Å². The van der Waals surface area contributed by atoms with E-state index >= 15 is 0 Å². The normalized spacial score (nSPS) is 15.5. The van der Waals surface area contributed by atoms with E-state index in [4.69, 9.17) is 14.5 Å². The van der Waals surface area contributed by atoms with Crippen molar-refractivity contribution in [2.24, 2.45) is 0 Å². The van der Waals surface area contributed by atoms with Gasteiger partial charge >= 0.3 is 0 Å². The number of rotatable bonds is 4. The molecule has 0 saturated carbocycles. The quantitative estimate of drug-likeness (QED) is 0.749. The lowest BCUT2D eigenvalue weighted by Gasteiger charge is -2.16. The molecule has 3 aromatic rings. The SMILES string of the molecule is CN(Cc1ccc2c(c1)OCO2)Cc1nc2sc3c(c2c(=O)[nH]1)CCCC3. The lowest BCUT2D eigenvalue weighted by Crippen LogP contribution is -2.21. The summed E-state index contributed by atoms with van der Waals surface area (Å²) >= 11 is 1.69. The summed E-state index contributed by atoms with van der Waals surface area (Å²) in [5, 5.41) is 0.817. The number of thiophene rings is 1. The standard InChI is InChI=1S/C20H21N3O3S/c1-23(9-12-6-7-14-15(8-12)26-11-25-14)10-17-21-19(24)18-13-4-2-3-5-16(13)27-20(18)22-17/h6-8H,2-5,9-11H2,1H3,(H,21,22,24). The first kappa shape index (κ1) is 16.8. The lowest BCUT2D eigenvalue weighted by atomic mass is 9.97. The Labute approximate surface area is 160 Å². The van der Waals surface area contributed by atoms with E-state index in [0.29, 0.717) is 12.4 Å². The zero-order valence-electron chi connectivity index (χ0n) is 15.2. The van der Waals surface area contributed by atoms with Crippen LogP contribution in [-0.2, 0) is 25.9 Å². The number of fused-ring (bicyclic) bond motifs is 4. The Hall–Kier alpha value is -2.38. The van der Waals surface area contributed by atoms with Crippen LogP contribution in [0, 0.1) is 0 Å². The molecule has 1 aliphatic carbocycles. The molecule has 0 fully saturated rings. The fraction of sp³-hybridized carbons (Fsp3) is 0.400. The van der Waals surface area contributed by atoms with Gasteiger partial charge in [0.05, 0.1) is 11.9 Å². The van der Waals surface area contributed by atoms with Crippen molar-refractivity contribution in [3.05, 3.63) is 50.4 Å². The molecule has 0 radical (unpaired) electrons. The van der Waals surface area contributed by atoms with E-state index in [9.17, 15) is 4.79 Å². The number of nitrogens with one attached hydrogen (secondary N) is 1. The molecular weight excluding hydrogens is 362 g/mol. The second-order valence-electron chi connectivity index (χ2n) is 7.26. The summed E-state index contributed by atoms with van der Waals surface area (Å²) < 4.78 is 10.8. The van der Waals surface area contributed by atoms with Gasteiger partial charge in [0, 0.05) is 11.4 Å². The molecule has 0 saturated heterocycles. The third-order valence-corrected chi connectivity index (χ3v) is 6.37. The summed E-state index contributed by atoms with van der Waals surface area (Å²) in [6.45, 7) is 1.60. The van der Waals surface area contributed by atoms with Crippen LogP contribution in [0.1, 0.15) is 34.7 Å². The van der Waals surface area contributed by atoms with Crippen molar-refractivity contribution in [3.8, 4) is 11.5 Å². The molecule has 0 spiro atoms. The maximum Gasteiger partial charge on any atom is 0.259 e. The van der Waals surface area contributed by atoms with Crippen molar-refractivity contribution < 1.29 is 9.47 Å². The van der Waals surface area contributed by atoms with Gasteiger partial charge in [-0.05, 0) is 56.0 Å². The van der Waals surface area contributed by atoms with Gasteiger partial charge in [-0.2, -0.15) is 0 Å². The number of ether oxygens (including phenoxy) is 2. The van der Waals surface area contributed by atoms with Crippen LogP contribution in [0.5, 0.6) is 11.5 Å². The van der Waals surface area contributed by atoms with Gasteiger partial charge in [-0.15, -0.1) is 11.3 Å². The number of hydrogen-bond donors (Lipinski definition) is 1. The van der Waals surface area contributed by atoms with Gasteiger partial charge < -0.3 is 14.5 Å². The van der Waals surface area contributed by atoms with Crippen LogP contribution in [-0.4, -0.2) is 28.7 Å². The summed E-state index contributed by atoms with van der Waals surface area (Å²) in [6.07, 6.45) is 4.46. The molecule has 1 N–H and O–H groups in total. The molecule has 2 aliphatic rings. The molecule has 0 unspecified atom stereocenters. The van der Waals surface area contributed by atoms with Gasteiger partial charge in [0.1, 0.15) is 10.7 Å². The minimum absolute atomic E-state index is 0.00544. The van der Waals surface area contributed by atoms with Crippen molar-refractivity contribution in [3.63, 3.8) is 0 Å². The molecular formula is C20H21N3O3S. The molecule has 0 bridgehead atoms. The number of H-pyrrole nitrogens is 1. The van der Waals surface area contributed by atoms with E-state index in [1.807, 2.05) is 25.2 Å². The Bertz CT molecular complexity index is 1070. The van der Waals surface area contributed by atoms with Gasteiger partial charge in [0.15, 0.2) is 11.5 Å². The van der Waals surface area contributed by atoms with Crippen molar-refractivity contribution >= 4 is 21.6 Å². The number of benzene rings is 1. The number of aromatic amines is 1. The Kier molecular flexibility index (Phi) is 4.13. The van der Waals surface area contributed by atoms with E-state index in [1.54, 1.807) is 11.3 Å². The first-order chi connectivity index (χ1) is 13.2. The third kappa shape index (κ3) is 3.11. The maximum atomic E-state index is 12.7. The molecule has 2 aromatic heterocycles. The second kappa shape index (κ2) is 6.65. The van der Waals surface area contributed by atoms with Crippen LogP contribution in [0.4, 0.5) is 0 Å². The van der Waals surface area contributed by atoms with Crippen molar-refractivity contribution in [1.82, 2.24) is 14.9 Å². The van der Waals surface area contributed by atoms with Gasteiger partial charge in [0.25, 0.3) is 5.56 Å². The summed E-state index contributed by atoms with van der Waals surface area (Å²) in [6, 6.07) is 5.98. The summed E-state index contributed by atoms with van der Waals surface area (Å²) in [5.41, 5.74) is 2.37. The van der Waals surface area contributed by atoms with E-state index < -0.39 is 0 Å². The number of aromatic nitrogens is 2. The fourth-order valence-corrected chi connectivity index (χ4v) is 5.23. The average Bonchev–Trinajstić information content (AvgIpc) is 3.24. The van der Waals surface area contributed by atoms with Crippen LogP contribution in [0.25, 0.3) is 10.2 Å². The monoisotopic (exact) mass is 383 g/mol. The van der Waals surface area contributed by atoms with Crippen molar-refractivity contribution in [2.45, 2.75) is 38.8 Å². The van der Waals surface area contributed by atoms with Gasteiger partial charge in [-0.25, -0.2) is 4.98 Å². The van der Waals surface area contributed by atoms with E-state index in [1.165, 1.54) is 16.9 Å². The Morgan fingerprint density at radius 2 is 2.04 bits per heavy atom. The maximum absolute atomic E-state index is 12.7. The second-order valence-corrected chi connectivity index (χ2v) is 8.35. The Balaban J connectivity index is 1.37. The first-order valence-corrected chi connectivity index (χ1v) is 10.1. The number of nitrogens with zero attached hydrogens (tertiary/aromatic N) is 2. The highest BCUT2D eigenvalue weighted by atomic mass is 32.1. The van der Waals surface area contributed by atoms with Crippen LogP contribution >= 0.6 is 11.3 Å². The van der Waals surface area contributed by atoms with Crippen molar-refractivity contribution in [2.75, 3.05) is 13.8 Å². The molecule has 0 amide bonds. The largest absolute Gasteiger partial charge is 0.454 e. The summed E-state index contributed by atoms with van der Waals surface area (Å²) in [4.78, 5) is 24.8. The van der Waals surface area contributed by atoms with Crippen LogP contribution in [0.15, 0.2) is 23.0 Å². The van der Waals surface area contributed by atoms with Crippen LogP contribution in [0.3, 0.4) is 0 Å². The minimum atomic E-state index is 0.00544. The molecule has 140 valence electrons. The predicted molar refractivity (Wildman–Crippen MR) is 105 cm³/mol. The highest BCUT2D eigenvalue weighted by Crippen LogP contribution is 2.34. The number of hydrogen-bond acceptors (Lipinski definition) is 6. The lowest BCUT2D eigenvalue weighted by molar-refractivity contribution is 0.174. The molecule has 3 heterocycles. The van der Waals surface area contributed by atoms with Crippen LogP contribution in [0.2, 0.25) is 0 Å². The predicted octanol–water partition coefficient (Wildman–Crippen LogP) is 3.22. The van der Waals surface area contributed by atoms with Gasteiger partial charge in [-0.1, -0.05) is 6.07 Å². The first-order valence-electron chi connectivity index (χ1n) is 9.28. The number of aryl methyl sites for hydroxylation is 2. The van der Waals surface area contributed by atoms with Crippen LogP contribution < -0.4 is 15.0 Å². The van der Waals surface area contributed by atoms with Gasteiger partial charge in [-0.3, -0.25) is 9.69 Å². The van der Waals surface area contributed by atoms with Crippen molar-refractivity contribution in [1.29, 1.82) is 0 Å². The zero-order valence-corrected chi connectivity index (χ0v) is 16.0. The molecule has 1 aliphatic heterocycles. The van der Waals surface area contributed by atoms with Gasteiger partial charge in [0.2, 0.25) is 6.79 Å². The third-order valence-electron chi connectivity index (χ3n) is 5.18. The highest BCUT2D eigenvalue weighted by Gasteiger charge is 2.20.